The van der Waals surface area contributed by atoms with Crippen molar-refractivity contribution in [3.63, 3.8) is 0 Å². The molecular weight excluding hydrogens is 1340 g/mol. The van der Waals surface area contributed by atoms with Crippen LogP contribution in [-0.4, -0.2) is 251 Å². The average molecular weight is 1450 g/mol. The highest BCUT2D eigenvalue weighted by molar-refractivity contribution is 6.31. The summed E-state index contributed by atoms with van der Waals surface area (Å²) in [5, 5.41) is 8.26. The molecule has 4 aliphatic carbocycles. The quantitative estimate of drug-likeness (QED) is 0.212. The first-order valence-corrected chi connectivity index (χ1v) is 37.8. The second-order valence-corrected chi connectivity index (χ2v) is 31.3. The number of alkyl halides is 3. The molecule has 3 aliphatic heterocycles. The number of amides is 12. The first kappa shape index (κ1) is 80.6. The van der Waals surface area contributed by atoms with Crippen molar-refractivity contribution < 1.29 is 70.7 Å². The van der Waals surface area contributed by atoms with Gasteiger partial charge in [0.15, 0.2) is 0 Å². The number of benzene rings is 1. The smallest absolute Gasteiger partial charge is 0.343 e. The normalized spacial score (nSPS) is 27.2. The predicted molar refractivity (Wildman–Crippen MR) is 376 cm³/mol. The van der Waals surface area contributed by atoms with Gasteiger partial charge in [0.25, 0.3) is 0 Å². The summed E-state index contributed by atoms with van der Waals surface area (Å²) in [5.41, 5.74) is -2.33. The maximum atomic E-state index is 15.8. The highest BCUT2D eigenvalue weighted by Gasteiger charge is 2.52. The Balaban J connectivity index is 1.17. The van der Waals surface area contributed by atoms with Crippen LogP contribution in [0, 0.1) is 23.7 Å². The van der Waals surface area contributed by atoms with E-state index in [2.05, 4.69) is 16.0 Å². The molecule has 24 nitrogen and oxygen atoms in total. The van der Waals surface area contributed by atoms with E-state index in [0.29, 0.717) is 63.6 Å². The van der Waals surface area contributed by atoms with Crippen LogP contribution in [0.1, 0.15) is 198 Å². The number of likely N-dealkylation sites (N-methyl/N-ethyl adjacent to an activating group) is 7. The van der Waals surface area contributed by atoms with Gasteiger partial charge in [0.2, 0.25) is 70.9 Å². The minimum Gasteiger partial charge on any atom is -0.343 e. The van der Waals surface area contributed by atoms with Gasteiger partial charge in [-0.15, -0.1) is 0 Å². The second kappa shape index (κ2) is 36.1. The molecule has 4 saturated carbocycles. The van der Waals surface area contributed by atoms with Gasteiger partial charge >= 0.3 is 6.18 Å². The number of halogens is 4. The van der Waals surface area contributed by atoms with Crippen molar-refractivity contribution >= 4 is 82.5 Å². The van der Waals surface area contributed by atoms with Crippen molar-refractivity contribution in [1.29, 1.82) is 0 Å². The van der Waals surface area contributed by atoms with Crippen molar-refractivity contribution in [2.75, 3.05) is 88.6 Å². The van der Waals surface area contributed by atoms with Crippen molar-refractivity contribution in [3.8, 4) is 0 Å². The lowest BCUT2D eigenvalue weighted by atomic mass is 9.80. The van der Waals surface area contributed by atoms with E-state index in [9.17, 15) is 41.9 Å². The lowest BCUT2D eigenvalue weighted by Gasteiger charge is -2.43. The standard InChI is InChI=1S/C74H112ClF3N12O12/c1-47(2)39-57-65(95)80-55(41-48-25-21-26-48)67(97)84(5)45-62(93)82(3)46-63(94)86(7)58(42-49-23-13-10-14-24-49)69(99)83(4)44-60(91)79-54(33-31-50-30-32-52(53(75)40-50)74(76,77)78)68(98)90-38-22-29-56(90)66(96)81-73(34-17-18-35-73)72(102)88(9)64(51-27-15-11-16-28-51)71(101)87(8)59(43-61(92)85(57)6)70(100)89-36-19-12-20-37-89/h30,32,40,47-49,51,54-59,64H,10-29,31,33-39,41-46H2,1-9H3,(H,79,91)(H,80,95)(H,81,96)/t54-,55-,56-,57-,58-,59-,64-/m0/s1. The van der Waals surface area contributed by atoms with Crippen LogP contribution in [-0.2, 0) is 70.1 Å². The monoisotopic (exact) mass is 1450 g/mol. The number of fused-ring (bicyclic) bond motifs is 1. The Kier molecular flexibility index (Phi) is 28.5. The molecular formula is C74H112ClF3N12O12. The third kappa shape index (κ3) is 20.3. The average Bonchev–Trinajstić information content (AvgIpc) is 1.44. The summed E-state index contributed by atoms with van der Waals surface area (Å²) in [6.07, 6.45) is 9.60. The van der Waals surface area contributed by atoms with E-state index in [4.69, 9.17) is 11.6 Å². The Hall–Kier alpha value is -7.06. The molecule has 12 amide bonds. The van der Waals surface area contributed by atoms with Gasteiger partial charge in [-0.1, -0.05) is 115 Å². The first-order valence-electron chi connectivity index (χ1n) is 37.5. The van der Waals surface area contributed by atoms with E-state index >= 15 is 28.8 Å². The van der Waals surface area contributed by atoms with Gasteiger partial charge in [0, 0.05) is 69.0 Å². The zero-order valence-corrected chi connectivity index (χ0v) is 62.3. The molecule has 3 heterocycles. The number of hydrogen-bond acceptors (Lipinski definition) is 12. The summed E-state index contributed by atoms with van der Waals surface area (Å²) >= 11 is 6.17. The number of hydrogen-bond donors (Lipinski definition) is 3. The second-order valence-electron chi connectivity index (χ2n) is 30.9. The summed E-state index contributed by atoms with van der Waals surface area (Å²) < 4.78 is 41.7. The number of rotatable bonds is 11. The number of likely N-dealkylation sites (tertiary alicyclic amines) is 1. The van der Waals surface area contributed by atoms with Crippen LogP contribution >= 0.6 is 11.6 Å². The lowest BCUT2D eigenvalue weighted by Crippen LogP contribution is -2.65. The summed E-state index contributed by atoms with van der Waals surface area (Å²) in [5.74, 6) is -7.94. The fourth-order valence-electron chi connectivity index (χ4n) is 16.5. The van der Waals surface area contributed by atoms with Crippen molar-refractivity contribution in [2.45, 2.75) is 248 Å². The molecule has 3 saturated heterocycles. The molecule has 7 aliphatic rings. The molecule has 0 bridgehead atoms. The van der Waals surface area contributed by atoms with Crippen LogP contribution in [0.4, 0.5) is 13.2 Å². The van der Waals surface area contributed by atoms with Gasteiger partial charge in [0.1, 0.15) is 47.8 Å². The molecule has 0 unspecified atom stereocenters. The third-order valence-electron chi connectivity index (χ3n) is 23.0. The molecule has 1 aromatic rings. The molecule has 102 heavy (non-hydrogen) atoms. The lowest BCUT2D eigenvalue weighted by molar-refractivity contribution is -0.157. The Morgan fingerprint density at radius 2 is 1.16 bits per heavy atom. The minimum atomic E-state index is -4.76. The van der Waals surface area contributed by atoms with E-state index in [1.807, 2.05) is 13.8 Å². The van der Waals surface area contributed by atoms with Gasteiger partial charge in [-0.05, 0) is 131 Å². The van der Waals surface area contributed by atoms with Crippen LogP contribution in [0.25, 0.3) is 0 Å². The minimum absolute atomic E-state index is 0.0240. The fraction of sp³-hybridized carbons (Fsp3) is 0.757. The first-order chi connectivity index (χ1) is 48.3. The van der Waals surface area contributed by atoms with Gasteiger partial charge in [-0.25, -0.2) is 0 Å². The fourth-order valence-corrected chi connectivity index (χ4v) is 16.8. The Labute approximate surface area is 604 Å². The molecule has 3 N–H and O–H groups in total. The van der Waals surface area contributed by atoms with Crippen LogP contribution in [0.2, 0.25) is 5.02 Å². The molecule has 7 fully saturated rings. The van der Waals surface area contributed by atoms with Gasteiger partial charge in [-0.2, -0.15) is 13.2 Å². The number of carbonyl (C=O) groups excluding carboxylic acids is 12. The maximum absolute atomic E-state index is 15.8. The van der Waals surface area contributed by atoms with Crippen LogP contribution in [0.5, 0.6) is 0 Å². The summed E-state index contributed by atoms with van der Waals surface area (Å²) in [6, 6.07) is -5.40. The molecule has 0 aromatic heterocycles. The Bertz CT molecular complexity index is 3190. The number of aryl methyl sites for hydroxylation is 1. The summed E-state index contributed by atoms with van der Waals surface area (Å²) in [7, 11) is 10.1. The van der Waals surface area contributed by atoms with E-state index in [-0.39, 0.29) is 75.7 Å². The number of nitrogens with one attached hydrogen (secondary N) is 3. The summed E-state index contributed by atoms with van der Waals surface area (Å²) in [6.45, 7) is 2.94. The highest BCUT2D eigenvalue weighted by atomic mass is 35.5. The zero-order valence-electron chi connectivity index (χ0n) is 61.6. The van der Waals surface area contributed by atoms with Crippen molar-refractivity contribution in [1.82, 2.24) is 60.0 Å². The number of piperidine rings is 1. The highest BCUT2D eigenvalue weighted by Crippen LogP contribution is 2.39. The van der Waals surface area contributed by atoms with E-state index in [1.54, 1.807) is 4.90 Å². The topological polar surface area (TPSA) is 270 Å². The molecule has 568 valence electrons. The van der Waals surface area contributed by atoms with Crippen LogP contribution in [0.15, 0.2) is 18.2 Å². The molecule has 1 spiro atoms. The zero-order chi connectivity index (χ0) is 74.5. The molecule has 28 heteroatoms. The van der Waals surface area contributed by atoms with Gasteiger partial charge < -0.3 is 60.0 Å². The van der Waals surface area contributed by atoms with E-state index in [1.165, 1.54) is 84.8 Å². The predicted octanol–water partition coefficient (Wildman–Crippen LogP) is 6.57. The third-order valence-corrected chi connectivity index (χ3v) is 23.3. The van der Waals surface area contributed by atoms with Crippen molar-refractivity contribution in [2.24, 2.45) is 23.7 Å². The molecule has 1 aromatic carbocycles. The summed E-state index contributed by atoms with van der Waals surface area (Å²) in [4.78, 5) is 192. The van der Waals surface area contributed by atoms with Crippen LogP contribution < -0.4 is 16.0 Å². The van der Waals surface area contributed by atoms with Crippen molar-refractivity contribution in [3.05, 3.63) is 34.3 Å². The van der Waals surface area contributed by atoms with E-state index in [0.717, 1.165) is 99.0 Å². The Morgan fingerprint density at radius 3 is 1.76 bits per heavy atom. The number of nitrogens with zero attached hydrogens (tertiary/aromatic N) is 9. The van der Waals surface area contributed by atoms with Gasteiger partial charge in [0.05, 0.1) is 36.6 Å². The molecule has 8 rings (SSSR count). The maximum Gasteiger partial charge on any atom is 0.417 e. The Morgan fingerprint density at radius 1 is 0.569 bits per heavy atom. The van der Waals surface area contributed by atoms with Gasteiger partial charge in [-0.3, -0.25) is 57.5 Å². The van der Waals surface area contributed by atoms with Crippen LogP contribution in [0.3, 0.4) is 0 Å². The largest absolute Gasteiger partial charge is 0.417 e. The SMILES string of the molecule is CC(C)C[C@H]1C(=O)N[C@@H](CC2CCC2)C(=O)N(C)CC(=O)N(C)CC(=O)N(C)[C@@H](CC2CCCCC2)C(=O)N(C)CC(=O)N[C@@H](CCc2ccc(C(F)(F)F)c(Cl)c2)C(=O)N2CCC[C@H]2C(=O)NC2(CCCC2)C(=O)N(C)[C@@H](C2CCCCC2)C(=O)N(C)[C@H](C(=O)N2CCCCC2)CC(=O)N1C. The number of carbonyl (C=O) groups is 12. The molecule has 0 radical (unpaired) electrons. The van der Waals surface area contributed by atoms with E-state index < -0.39 is 167 Å². The molecule has 7 atom stereocenters.